The summed E-state index contributed by atoms with van der Waals surface area (Å²) in [5, 5.41) is 3.46. The number of imidazole rings is 1. The summed E-state index contributed by atoms with van der Waals surface area (Å²) in [7, 11) is -3.72. The van der Waals surface area contributed by atoms with Crippen molar-refractivity contribution in [1.82, 2.24) is 20.0 Å². The number of sulfonamides is 1. The van der Waals surface area contributed by atoms with Gasteiger partial charge in [0.15, 0.2) is 0 Å². The van der Waals surface area contributed by atoms with Crippen LogP contribution in [0.1, 0.15) is 23.6 Å². The first-order valence-electron chi connectivity index (χ1n) is 9.95. The van der Waals surface area contributed by atoms with E-state index in [0.29, 0.717) is 5.02 Å². The molecule has 9 heteroatoms. The van der Waals surface area contributed by atoms with E-state index in [-0.39, 0.29) is 29.8 Å². The number of carbonyl (C=O) groups is 1. The quantitative estimate of drug-likeness (QED) is 0.366. The topological polar surface area (TPSA) is 104 Å². The molecule has 1 atom stereocenters. The molecule has 0 spiro atoms. The van der Waals surface area contributed by atoms with Crippen LogP contribution in [0.2, 0.25) is 5.02 Å². The van der Waals surface area contributed by atoms with Crippen molar-refractivity contribution < 1.29 is 13.2 Å². The summed E-state index contributed by atoms with van der Waals surface area (Å²) in [6, 6.07) is 20.8. The molecule has 32 heavy (non-hydrogen) atoms. The Morgan fingerprint density at radius 1 is 1.00 bits per heavy atom. The van der Waals surface area contributed by atoms with Crippen LogP contribution >= 0.6 is 11.6 Å². The second-order valence-electron chi connectivity index (χ2n) is 7.19. The van der Waals surface area contributed by atoms with E-state index in [9.17, 15) is 13.2 Å². The van der Waals surface area contributed by atoms with E-state index < -0.39 is 10.0 Å². The number of aromatic nitrogens is 2. The van der Waals surface area contributed by atoms with Gasteiger partial charge in [-0.25, -0.2) is 18.1 Å². The minimum atomic E-state index is -3.72. The molecule has 0 aliphatic rings. The normalized spacial score (nSPS) is 12.5. The third-order valence-corrected chi connectivity index (χ3v) is 6.71. The lowest BCUT2D eigenvalue weighted by atomic mass is 9.98. The van der Waals surface area contributed by atoms with E-state index in [1.165, 1.54) is 24.3 Å². The molecule has 1 amide bonds. The van der Waals surface area contributed by atoms with Crippen LogP contribution in [-0.4, -0.2) is 30.8 Å². The average Bonchev–Trinajstić information content (AvgIpc) is 3.26. The summed E-state index contributed by atoms with van der Waals surface area (Å²) in [4.78, 5) is 20.1. The van der Waals surface area contributed by atoms with Crippen molar-refractivity contribution in [2.45, 2.75) is 17.4 Å². The molecule has 4 rings (SSSR count). The van der Waals surface area contributed by atoms with Gasteiger partial charge < -0.3 is 10.3 Å². The first-order valence-corrected chi connectivity index (χ1v) is 11.8. The molecule has 0 aliphatic carbocycles. The Labute approximate surface area is 190 Å². The predicted octanol–water partition coefficient (Wildman–Crippen LogP) is 3.79. The van der Waals surface area contributed by atoms with Crippen molar-refractivity contribution in [2.24, 2.45) is 0 Å². The first kappa shape index (κ1) is 22.0. The van der Waals surface area contributed by atoms with E-state index in [0.717, 1.165) is 22.2 Å². The van der Waals surface area contributed by atoms with Gasteiger partial charge >= 0.3 is 0 Å². The fourth-order valence-electron chi connectivity index (χ4n) is 3.37. The van der Waals surface area contributed by atoms with E-state index in [1.807, 2.05) is 48.5 Å². The van der Waals surface area contributed by atoms with Crippen molar-refractivity contribution in [3.8, 4) is 0 Å². The number of amides is 1. The second kappa shape index (κ2) is 9.52. The molecule has 1 unspecified atom stereocenters. The van der Waals surface area contributed by atoms with Gasteiger partial charge in [-0.15, -0.1) is 0 Å². The van der Waals surface area contributed by atoms with Crippen LogP contribution in [0.5, 0.6) is 0 Å². The van der Waals surface area contributed by atoms with E-state index in [1.54, 1.807) is 6.33 Å². The van der Waals surface area contributed by atoms with Gasteiger partial charge in [-0.05, 0) is 47.5 Å². The molecule has 0 fully saturated rings. The number of aromatic amines is 1. The summed E-state index contributed by atoms with van der Waals surface area (Å²) >= 11 is 5.81. The number of hydrogen-bond acceptors (Lipinski definition) is 4. The van der Waals surface area contributed by atoms with Crippen LogP contribution in [0.3, 0.4) is 0 Å². The van der Waals surface area contributed by atoms with Gasteiger partial charge in [0.1, 0.15) is 0 Å². The van der Waals surface area contributed by atoms with Crippen LogP contribution < -0.4 is 10.0 Å². The number of rotatable bonds is 8. The molecular formula is C23H21ClN4O3S. The van der Waals surface area contributed by atoms with Crippen LogP contribution in [-0.2, 0) is 14.8 Å². The fourth-order valence-corrected chi connectivity index (χ4v) is 4.52. The highest BCUT2D eigenvalue weighted by Crippen LogP contribution is 2.24. The number of fused-ring (bicyclic) bond motifs is 1. The molecule has 0 aliphatic heterocycles. The van der Waals surface area contributed by atoms with E-state index >= 15 is 0 Å². The maximum atomic E-state index is 12.7. The minimum absolute atomic E-state index is 0.0115. The molecule has 0 bridgehead atoms. The van der Waals surface area contributed by atoms with E-state index in [4.69, 9.17) is 11.6 Å². The molecule has 1 aromatic heterocycles. The summed E-state index contributed by atoms with van der Waals surface area (Å²) in [5.74, 6) is -0.276. The molecule has 3 aromatic carbocycles. The average molecular weight is 469 g/mol. The maximum Gasteiger partial charge on any atom is 0.240 e. The first-order chi connectivity index (χ1) is 15.4. The van der Waals surface area contributed by atoms with Crippen LogP contribution in [0.15, 0.2) is 84.0 Å². The zero-order valence-electron chi connectivity index (χ0n) is 17.0. The summed E-state index contributed by atoms with van der Waals surface area (Å²) in [6.07, 6.45) is 1.61. The second-order valence-corrected chi connectivity index (χ2v) is 9.40. The van der Waals surface area contributed by atoms with Gasteiger partial charge in [0.2, 0.25) is 15.9 Å². The van der Waals surface area contributed by atoms with Crippen molar-refractivity contribution in [3.05, 3.63) is 95.3 Å². The van der Waals surface area contributed by atoms with E-state index in [2.05, 4.69) is 20.0 Å². The standard InChI is InChI=1S/C23H21ClN4O3S/c24-18-7-9-19(10-8-18)32(30,31)27-13-12-22(29)28-23(16-4-2-1-3-5-16)17-6-11-20-21(14-17)26-15-25-20/h1-11,14-15,23,27H,12-13H2,(H,25,26)(H,28,29). The van der Waals surface area contributed by atoms with Gasteiger partial charge in [-0.1, -0.05) is 48.0 Å². The number of nitrogens with zero attached hydrogens (tertiary/aromatic N) is 1. The highest BCUT2D eigenvalue weighted by molar-refractivity contribution is 7.89. The van der Waals surface area contributed by atoms with Gasteiger partial charge in [-0.2, -0.15) is 0 Å². The smallest absolute Gasteiger partial charge is 0.240 e. The molecule has 1 heterocycles. The SMILES string of the molecule is O=C(CCNS(=O)(=O)c1ccc(Cl)cc1)NC(c1ccccc1)c1ccc2nc[nH]c2c1. The molecule has 0 saturated carbocycles. The Balaban J connectivity index is 1.45. The fraction of sp³-hybridized carbons (Fsp3) is 0.130. The van der Waals surface area contributed by atoms with Crippen molar-refractivity contribution in [1.29, 1.82) is 0 Å². The summed E-state index contributed by atoms with van der Waals surface area (Å²) in [5.41, 5.74) is 3.52. The highest BCUT2D eigenvalue weighted by atomic mass is 35.5. The lowest BCUT2D eigenvalue weighted by Gasteiger charge is -2.20. The zero-order valence-corrected chi connectivity index (χ0v) is 18.5. The maximum absolute atomic E-state index is 12.7. The molecule has 4 aromatic rings. The minimum Gasteiger partial charge on any atom is -0.345 e. The van der Waals surface area contributed by atoms with Gasteiger partial charge in [0, 0.05) is 18.0 Å². The zero-order chi connectivity index (χ0) is 22.6. The molecule has 0 radical (unpaired) electrons. The summed E-state index contributed by atoms with van der Waals surface area (Å²) in [6.45, 7) is -0.0299. The summed E-state index contributed by atoms with van der Waals surface area (Å²) < 4.78 is 27.2. The molecule has 7 nitrogen and oxygen atoms in total. The largest absolute Gasteiger partial charge is 0.345 e. The molecular weight excluding hydrogens is 448 g/mol. The molecule has 3 N–H and O–H groups in total. The highest BCUT2D eigenvalue weighted by Gasteiger charge is 2.19. The van der Waals surface area contributed by atoms with Crippen LogP contribution in [0, 0.1) is 0 Å². The molecule has 164 valence electrons. The Morgan fingerprint density at radius 3 is 2.50 bits per heavy atom. The number of carbonyl (C=O) groups excluding carboxylic acids is 1. The Hall–Kier alpha value is -3.20. The van der Waals surface area contributed by atoms with Crippen LogP contribution in [0.25, 0.3) is 11.0 Å². The number of benzene rings is 3. The number of hydrogen-bond donors (Lipinski definition) is 3. The van der Waals surface area contributed by atoms with Crippen molar-refractivity contribution in [3.63, 3.8) is 0 Å². The lowest BCUT2D eigenvalue weighted by molar-refractivity contribution is -0.121. The third-order valence-electron chi connectivity index (χ3n) is 4.98. The third kappa shape index (κ3) is 5.16. The van der Waals surface area contributed by atoms with Crippen molar-refractivity contribution >= 4 is 38.6 Å². The monoisotopic (exact) mass is 468 g/mol. The Kier molecular flexibility index (Phi) is 6.55. The molecule has 0 saturated heterocycles. The number of nitrogens with one attached hydrogen (secondary N) is 3. The Morgan fingerprint density at radius 2 is 1.75 bits per heavy atom. The Bertz CT molecular complexity index is 1320. The van der Waals surface area contributed by atoms with Gasteiger partial charge in [0.25, 0.3) is 0 Å². The number of halogens is 1. The lowest BCUT2D eigenvalue weighted by Crippen LogP contribution is -2.33. The predicted molar refractivity (Wildman–Crippen MR) is 124 cm³/mol. The van der Waals surface area contributed by atoms with Crippen molar-refractivity contribution in [2.75, 3.05) is 6.54 Å². The number of H-pyrrole nitrogens is 1. The van der Waals surface area contributed by atoms with Crippen LogP contribution in [0.4, 0.5) is 0 Å². The van der Waals surface area contributed by atoms with Gasteiger partial charge in [0.05, 0.1) is 28.3 Å². The van der Waals surface area contributed by atoms with Gasteiger partial charge in [-0.3, -0.25) is 4.79 Å².